The van der Waals surface area contributed by atoms with E-state index in [-0.39, 0.29) is 10.0 Å². The van der Waals surface area contributed by atoms with E-state index in [1.165, 1.54) is 33.8 Å². The molecule has 1 aliphatic heterocycles. The van der Waals surface area contributed by atoms with E-state index in [0.717, 1.165) is 0 Å². The number of nitrogens with zero attached hydrogens (tertiary/aromatic N) is 2. The third-order valence-corrected chi connectivity index (χ3v) is 6.56. The summed E-state index contributed by atoms with van der Waals surface area (Å²) >= 11 is 12.8. The van der Waals surface area contributed by atoms with Gasteiger partial charge in [-0.2, -0.15) is 4.31 Å². The number of thiocarbonyl (C=S) groups is 1. The first-order chi connectivity index (χ1) is 12.0. The van der Waals surface area contributed by atoms with Crippen LogP contribution in [-0.4, -0.2) is 49.1 Å². The molecule has 0 aliphatic carbocycles. The normalized spacial score (nSPS) is 15.7. The molecule has 3 rings (SSSR count). The largest absolute Gasteiger partial charge is 0.379 e. The zero-order chi connectivity index (χ0) is 17.9. The Kier molecular flexibility index (Phi) is 5.87. The Morgan fingerprint density at radius 3 is 2.76 bits per heavy atom. The van der Waals surface area contributed by atoms with Crippen molar-refractivity contribution in [1.82, 2.24) is 9.29 Å². The summed E-state index contributed by atoms with van der Waals surface area (Å²) in [6, 6.07) is 4.49. The molecule has 0 unspecified atom stereocenters. The predicted molar refractivity (Wildman–Crippen MR) is 103 cm³/mol. The van der Waals surface area contributed by atoms with Crippen LogP contribution in [0.25, 0.3) is 0 Å². The standard InChI is InChI=1S/C14H15ClN4O3S3/c15-11-2-1-10(25(20,21)19-4-6-22-7-5-19)9-12(11)17-13(23)18-14-16-3-8-24-14/h1-3,8-9H,4-7H2,(H2,16,17,18,23). The molecule has 1 aromatic carbocycles. The minimum absolute atomic E-state index is 0.151. The molecule has 0 radical (unpaired) electrons. The summed E-state index contributed by atoms with van der Waals surface area (Å²) in [6.07, 6.45) is 1.65. The van der Waals surface area contributed by atoms with Crippen LogP contribution < -0.4 is 10.6 Å². The minimum atomic E-state index is -3.61. The molecule has 0 atom stereocenters. The molecule has 0 amide bonds. The van der Waals surface area contributed by atoms with Crippen molar-refractivity contribution in [2.24, 2.45) is 0 Å². The fraction of sp³-hybridized carbons (Fsp3) is 0.286. The van der Waals surface area contributed by atoms with E-state index in [0.29, 0.717) is 42.1 Å². The molecule has 2 N–H and O–H groups in total. The monoisotopic (exact) mass is 418 g/mol. The van der Waals surface area contributed by atoms with Crippen molar-refractivity contribution in [2.75, 3.05) is 36.9 Å². The fourth-order valence-electron chi connectivity index (χ4n) is 2.23. The topological polar surface area (TPSA) is 83.6 Å². The second kappa shape index (κ2) is 7.94. The third kappa shape index (κ3) is 4.46. The molecule has 0 spiro atoms. The van der Waals surface area contributed by atoms with E-state index < -0.39 is 10.0 Å². The smallest absolute Gasteiger partial charge is 0.243 e. The van der Waals surface area contributed by atoms with Gasteiger partial charge in [-0.1, -0.05) is 11.6 Å². The van der Waals surface area contributed by atoms with E-state index in [1.54, 1.807) is 6.20 Å². The molecule has 11 heteroatoms. The van der Waals surface area contributed by atoms with E-state index >= 15 is 0 Å². The predicted octanol–water partition coefficient (Wildman–Crippen LogP) is 2.63. The van der Waals surface area contributed by atoms with Gasteiger partial charge in [0.15, 0.2) is 10.2 Å². The van der Waals surface area contributed by atoms with Gasteiger partial charge in [-0.3, -0.25) is 0 Å². The number of ether oxygens (including phenoxy) is 1. The molecule has 0 saturated carbocycles. The molecule has 25 heavy (non-hydrogen) atoms. The fourth-order valence-corrected chi connectivity index (χ4v) is 4.64. The average Bonchev–Trinajstić information content (AvgIpc) is 3.10. The second-order valence-electron chi connectivity index (χ2n) is 5.07. The quantitative estimate of drug-likeness (QED) is 0.738. The highest BCUT2D eigenvalue weighted by atomic mass is 35.5. The van der Waals surface area contributed by atoms with Crippen LogP contribution >= 0.6 is 35.2 Å². The van der Waals surface area contributed by atoms with Gasteiger partial charge in [0.05, 0.1) is 28.8 Å². The number of hydrogen-bond acceptors (Lipinski definition) is 6. The van der Waals surface area contributed by atoms with Crippen molar-refractivity contribution < 1.29 is 13.2 Å². The number of morpholine rings is 1. The first-order valence-corrected chi connectivity index (χ1v) is 10.4. The maximum atomic E-state index is 12.7. The van der Waals surface area contributed by atoms with E-state index in [1.807, 2.05) is 5.38 Å². The Hall–Kier alpha value is -1.30. The van der Waals surface area contributed by atoms with Crippen LogP contribution in [0.3, 0.4) is 0 Å². The van der Waals surface area contributed by atoms with Crippen molar-refractivity contribution in [3.63, 3.8) is 0 Å². The summed E-state index contributed by atoms with van der Waals surface area (Å²) in [5.41, 5.74) is 0.407. The highest BCUT2D eigenvalue weighted by molar-refractivity contribution is 7.89. The summed E-state index contributed by atoms with van der Waals surface area (Å²) in [4.78, 5) is 4.22. The van der Waals surface area contributed by atoms with Crippen LogP contribution in [0.1, 0.15) is 0 Å². The van der Waals surface area contributed by atoms with Gasteiger partial charge in [0, 0.05) is 24.7 Å². The van der Waals surface area contributed by atoms with Crippen LogP contribution in [0, 0.1) is 0 Å². The van der Waals surface area contributed by atoms with Crippen LogP contribution in [0.15, 0.2) is 34.7 Å². The molecular weight excluding hydrogens is 404 g/mol. The maximum Gasteiger partial charge on any atom is 0.243 e. The Balaban J connectivity index is 1.79. The molecule has 2 aromatic rings. The van der Waals surface area contributed by atoms with E-state index in [2.05, 4.69) is 15.6 Å². The van der Waals surface area contributed by atoms with Crippen molar-refractivity contribution in [1.29, 1.82) is 0 Å². The zero-order valence-electron chi connectivity index (χ0n) is 12.9. The third-order valence-electron chi connectivity index (χ3n) is 3.45. The van der Waals surface area contributed by atoms with Gasteiger partial charge in [-0.05, 0) is 30.4 Å². The van der Waals surface area contributed by atoms with Gasteiger partial charge in [0.25, 0.3) is 0 Å². The number of anilines is 2. The van der Waals surface area contributed by atoms with E-state index in [4.69, 9.17) is 28.6 Å². The first kappa shape index (κ1) is 18.5. The van der Waals surface area contributed by atoms with Crippen molar-refractivity contribution >= 4 is 61.1 Å². The van der Waals surface area contributed by atoms with Gasteiger partial charge in [-0.15, -0.1) is 11.3 Å². The summed E-state index contributed by atoms with van der Waals surface area (Å²) in [5.74, 6) is 0. The highest BCUT2D eigenvalue weighted by Crippen LogP contribution is 2.27. The number of sulfonamides is 1. The number of benzene rings is 1. The number of nitrogens with one attached hydrogen (secondary N) is 2. The Morgan fingerprint density at radius 1 is 1.32 bits per heavy atom. The summed E-state index contributed by atoms with van der Waals surface area (Å²) in [7, 11) is -3.61. The molecule has 134 valence electrons. The lowest BCUT2D eigenvalue weighted by atomic mass is 10.3. The van der Waals surface area contributed by atoms with Crippen LogP contribution in [0.4, 0.5) is 10.8 Å². The Morgan fingerprint density at radius 2 is 2.08 bits per heavy atom. The summed E-state index contributed by atoms with van der Waals surface area (Å²) in [5, 5.41) is 8.91. The van der Waals surface area contributed by atoms with Gasteiger partial charge < -0.3 is 15.4 Å². The summed E-state index contributed by atoms with van der Waals surface area (Å²) < 4.78 is 32.1. The number of halogens is 1. The van der Waals surface area contributed by atoms with Gasteiger partial charge in [0.1, 0.15) is 0 Å². The summed E-state index contributed by atoms with van der Waals surface area (Å²) in [6.45, 7) is 1.44. The average molecular weight is 419 g/mol. The van der Waals surface area contributed by atoms with E-state index in [9.17, 15) is 8.42 Å². The molecule has 0 bridgehead atoms. The van der Waals surface area contributed by atoms with Crippen molar-refractivity contribution in [2.45, 2.75) is 4.90 Å². The number of rotatable bonds is 4. The van der Waals surface area contributed by atoms with Gasteiger partial charge >= 0.3 is 0 Å². The first-order valence-electron chi connectivity index (χ1n) is 7.32. The molecule has 1 saturated heterocycles. The molecule has 7 nitrogen and oxygen atoms in total. The van der Waals surface area contributed by atoms with Gasteiger partial charge in [0.2, 0.25) is 10.0 Å². The van der Waals surface area contributed by atoms with Gasteiger partial charge in [-0.25, -0.2) is 13.4 Å². The molecule has 1 aliphatic rings. The number of aromatic nitrogens is 1. The minimum Gasteiger partial charge on any atom is -0.379 e. The highest BCUT2D eigenvalue weighted by Gasteiger charge is 2.27. The van der Waals surface area contributed by atoms with Crippen molar-refractivity contribution in [3.05, 3.63) is 34.8 Å². The lowest BCUT2D eigenvalue weighted by Gasteiger charge is -2.26. The Labute approximate surface area is 160 Å². The second-order valence-corrected chi connectivity index (χ2v) is 8.72. The number of thiazole rings is 1. The lowest BCUT2D eigenvalue weighted by Crippen LogP contribution is -2.40. The molecule has 2 heterocycles. The Bertz CT molecular complexity index is 852. The van der Waals surface area contributed by atoms with Crippen LogP contribution in [0.5, 0.6) is 0 Å². The van der Waals surface area contributed by atoms with Crippen LogP contribution in [0.2, 0.25) is 5.02 Å². The van der Waals surface area contributed by atoms with Crippen LogP contribution in [-0.2, 0) is 14.8 Å². The number of hydrogen-bond donors (Lipinski definition) is 2. The lowest BCUT2D eigenvalue weighted by molar-refractivity contribution is 0.0730. The van der Waals surface area contributed by atoms with Crippen molar-refractivity contribution in [3.8, 4) is 0 Å². The molecule has 1 aromatic heterocycles. The SMILES string of the molecule is O=S(=O)(c1ccc(Cl)c(NC(=S)Nc2nccs2)c1)N1CCOCC1. The maximum absolute atomic E-state index is 12.7. The molecular formula is C14H15ClN4O3S3. The molecule has 1 fully saturated rings. The zero-order valence-corrected chi connectivity index (χ0v) is 16.1.